The van der Waals surface area contributed by atoms with E-state index in [2.05, 4.69) is 4.98 Å². The van der Waals surface area contributed by atoms with E-state index in [1.165, 1.54) is 25.1 Å². The lowest BCUT2D eigenvalue weighted by Crippen LogP contribution is -2.41. The van der Waals surface area contributed by atoms with Crippen LogP contribution in [0.3, 0.4) is 0 Å². The van der Waals surface area contributed by atoms with Crippen LogP contribution in [-0.4, -0.2) is 24.4 Å². The van der Waals surface area contributed by atoms with Gasteiger partial charge in [0.05, 0.1) is 10.6 Å². The second kappa shape index (κ2) is 6.68. The molecule has 2 N–H and O–H groups in total. The molecule has 1 aromatic heterocycles. The lowest BCUT2D eigenvalue weighted by atomic mass is 10.3. The first-order valence-corrected chi connectivity index (χ1v) is 8.25. The Hall–Kier alpha value is -3.28. The molecule has 0 aliphatic heterocycles. The maximum atomic E-state index is 12.2. The van der Waals surface area contributed by atoms with Gasteiger partial charge in [-0.1, -0.05) is 17.1 Å². The molecule has 11 nitrogen and oxygen atoms in total. The van der Waals surface area contributed by atoms with E-state index in [1.807, 2.05) is 5.32 Å². The zero-order chi connectivity index (χ0) is 18.8. The van der Waals surface area contributed by atoms with Crippen LogP contribution >= 0.6 is 0 Å². The fourth-order valence-corrected chi connectivity index (χ4v) is 3.07. The number of amides is 2. The Balaban J connectivity index is 2.28. The second-order valence-electron chi connectivity index (χ2n) is 4.94. The molecule has 0 saturated carbocycles. The molecule has 1 aromatic carbocycles. The Labute approximate surface area is 142 Å². The molecular formula is C13H13N5O6S. The van der Waals surface area contributed by atoms with Crippen molar-refractivity contribution in [2.75, 3.05) is 5.32 Å². The Morgan fingerprint density at radius 2 is 1.92 bits per heavy atom. The maximum Gasteiger partial charge on any atom is 0.401 e. The van der Waals surface area contributed by atoms with Crippen LogP contribution < -0.4 is 14.8 Å². The van der Waals surface area contributed by atoms with Gasteiger partial charge in [-0.3, -0.25) is 10.1 Å². The van der Waals surface area contributed by atoms with E-state index in [4.69, 9.17) is 0 Å². The molecule has 0 unspecified atom stereocenters. The van der Waals surface area contributed by atoms with Crippen molar-refractivity contribution in [1.82, 2.24) is 9.71 Å². The van der Waals surface area contributed by atoms with Crippen molar-refractivity contribution < 1.29 is 22.9 Å². The van der Waals surface area contributed by atoms with Gasteiger partial charge >= 0.3 is 12.0 Å². The second-order valence-corrected chi connectivity index (χ2v) is 6.59. The summed E-state index contributed by atoms with van der Waals surface area (Å²) in [5.41, 5.74) is -0.0166. The Bertz CT molecular complexity index is 959. The van der Waals surface area contributed by atoms with Crippen molar-refractivity contribution >= 4 is 27.7 Å². The number of nitro benzene ring substituents is 1. The van der Waals surface area contributed by atoms with Gasteiger partial charge in [-0.05, 0) is 19.9 Å². The summed E-state index contributed by atoms with van der Waals surface area (Å²) in [4.78, 5) is 25.0. The monoisotopic (exact) mass is 367 g/mol. The average Bonchev–Trinajstić information content (AvgIpc) is 2.51. The Morgan fingerprint density at radius 3 is 2.56 bits per heavy atom. The van der Waals surface area contributed by atoms with E-state index >= 15 is 0 Å². The van der Waals surface area contributed by atoms with E-state index in [0.717, 1.165) is 12.1 Å². The minimum Gasteiger partial charge on any atom is -0.740 e. The minimum absolute atomic E-state index is 0.240. The Kier molecular flexibility index (Phi) is 4.83. The molecule has 1 heterocycles. The number of urea groups is 1. The van der Waals surface area contributed by atoms with Gasteiger partial charge < -0.3 is 5.21 Å². The van der Waals surface area contributed by atoms with Crippen LogP contribution in [0.15, 0.2) is 35.2 Å². The number of carbonyl (C=O) groups excluding carboxylic acids is 1. The van der Waals surface area contributed by atoms with Crippen LogP contribution in [0, 0.1) is 29.2 Å². The summed E-state index contributed by atoms with van der Waals surface area (Å²) in [5, 5.41) is 24.7. The number of hydrogen-bond donors (Lipinski definition) is 2. The van der Waals surface area contributed by atoms with Crippen molar-refractivity contribution in [3.8, 4) is 0 Å². The highest BCUT2D eigenvalue weighted by Gasteiger charge is 2.28. The van der Waals surface area contributed by atoms with Gasteiger partial charge in [0.15, 0.2) is 4.90 Å². The molecule has 0 spiro atoms. The quantitative estimate of drug-likeness (QED) is 0.349. The number of aryl methyl sites for hydroxylation is 2. The fraction of sp³-hybridized carbons (Fsp3) is 0.154. The van der Waals surface area contributed by atoms with E-state index in [9.17, 15) is 28.5 Å². The SMILES string of the molecule is Cc1cc(C)[n+]([O-])c(NC(=O)NS(=O)(=O)c2ccccc2[N+](=O)[O-])n1. The third-order valence-electron chi connectivity index (χ3n) is 3.02. The van der Waals surface area contributed by atoms with E-state index in [-0.39, 0.29) is 5.69 Å². The van der Waals surface area contributed by atoms with Gasteiger partial charge in [0.2, 0.25) is 0 Å². The lowest BCUT2D eigenvalue weighted by molar-refractivity contribution is -0.599. The number of hydrogen-bond acceptors (Lipinski definition) is 7. The van der Waals surface area contributed by atoms with Crippen molar-refractivity contribution in [3.63, 3.8) is 0 Å². The molecule has 2 rings (SSSR count). The summed E-state index contributed by atoms with van der Waals surface area (Å²) in [5.74, 6) is -0.423. The van der Waals surface area contributed by atoms with Gasteiger partial charge in [-0.25, -0.2) is 22.7 Å². The Morgan fingerprint density at radius 1 is 1.28 bits per heavy atom. The van der Waals surface area contributed by atoms with Gasteiger partial charge in [0, 0.05) is 12.1 Å². The highest BCUT2D eigenvalue weighted by molar-refractivity contribution is 7.90. The molecule has 0 aliphatic rings. The minimum atomic E-state index is -4.53. The first-order valence-electron chi connectivity index (χ1n) is 6.77. The van der Waals surface area contributed by atoms with Crippen LogP contribution in [0.5, 0.6) is 0 Å². The number of nitrogens with zero attached hydrogens (tertiary/aromatic N) is 3. The molecule has 0 atom stereocenters. The van der Waals surface area contributed by atoms with Crippen LogP contribution in [0.1, 0.15) is 11.4 Å². The van der Waals surface area contributed by atoms with Crippen LogP contribution in [0.4, 0.5) is 16.4 Å². The average molecular weight is 367 g/mol. The van der Waals surface area contributed by atoms with Gasteiger partial charge in [-0.2, -0.15) is 5.32 Å². The summed E-state index contributed by atoms with van der Waals surface area (Å²) in [6.07, 6.45) is 0. The van der Waals surface area contributed by atoms with E-state index < -0.39 is 37.5 Å². The number of aromatic nitrogens is 2. The number of anilines is 1. The topological polar surface area (TPSA) is 158 Å². The summed E-state index contributed by atoms with van der Waals surface area (Å²) in [6.45, 7) is 3.06. The zero-order valence-corrected chi connectivity index (χ0v) is 13.9. The van der Waals surface area contributed by atoms with Crippen molar-refractivity contribution in [1.29, 1.82) is 0 Å². The molecule has 0 radical (unpaired) electrons. The third-order valence-corrected chi connectivity index (χ3v) is 4.39. The van der Waals surface area contributed by atoms with Gasteiger partial charge in [0.25, 0.3) is 15.7 Å². The number of nitro groups is 1. The molecule has 0 aliphatic carbocycles. The summed E-state index contributed by atoms with van der Waals surface area (Å²) in [6, 6.07) is 4.73. The van der Waals surface area contributed by atoms with Crippen LogP contribution in [-0.2, 0) is 10.0 Å². The molecule has 0 saturated heterocycles. The zero-order valence-electron chi connectivity index (χ0n) is 13.1. The first kappa shape index (κ1) is 18.1. The van der Waals surface area contributed by atoms with Crippen LogP contribution in [0.2, 0.25) is 0 Å². The summed E-state index contributed by atoms with van der Waals surface area (Å²) >= 11 is 0. The molecule has 0 fully saturated rings. The third kappa shape index (κ3) is 3.98. The van der Waals surface area contributed by atoms with Gasteiger partial charge in [0.1, 0.15) is 5.69 Å². The fourth-order valence-electron chi connectivity index (χ4n) is 1.99. The number of rotatable bonds is 4. The molecule has 2 amide bonds. The highest BCUT2D eigenvalue weighted by atomic mass is 32.2. The molecule has 0 bridgehead atoms. The molecule has 132 valence electrons. The van der Waals surface area contributed by atoms with Crippen molar-refractivity contribution in [2.45, 2.75) is 18.7 Å². The van der Waals surface area contributed by atoms with Crippen molar-refractivity contribution in [2.24, 2.45) is 0 Å². The first-order chi connectivity index (χ1) is 11.6. The number of carbonyl (C=O) groups is 1. The van der Waals surface area contributed by atoms with Gasteiger partial charge in [-0.15, -0.1) is 0 Å². The highest BCUT2D eigenvalue weighted by Crippen LogP contribution is 2.22. The maximum absolute atomic E-state index is 12.2. The van der Waals surface area contributed by atoms with E-state index in [1.54, 1.807) is 11.6 Å². The molecular weight excluding hydrogens is 354 g/mol. The predicted octanol–water partition coefficient (Wildman–Crippen LogP) is 0.750. The predicted molar refractivity (Wildman–Crippen MR) is 85.1 cm³/mol. The lowest BCUT2D eigenvalue weighted by Gasteiger charge is -2.11. The summed E-state index contributed by atoms with van der Waals surface area (Å²) < 4.78 is 26.3. The van der Waals surface area contributed by atoms with Crippen LogP contribution in [0.25, 0.3) is 0 Å². The summed E-state index contributed by atoms with van der Waals surface area (Å²) in [7, 11) is -4.53. The smallest absolute Gasteiger partial charge is 0.401 e. The van der Waals surface area contributed by atoms with Crippen molar-refractivity contribution in [3.05, 3.63) is 57.0 Å². The molecule has 12 heteroatoms. The molecule has 25 heavy (non-hydrogen) atoms. The largest absolute Gasteiger partial charge is 0.740 e. The number of sulfonamides is 1. The normalized spacial score (nSPS) is 11.0. The number of para-hydroxylation sites is 1. The molecule has 2 aromatic rings. The number of nitrogens with one attached hydrogen (secondary N) is 2. The van der Waals surface area contributed by atoms with E-state index in [0.29, 0.717) is 10.4 Å². The standard InChI is InChI=1S/C13H13N5O6S/c1-8-7-9(2)17(20)12(14-8)15-13(19)16-25(23,24)11-6-4-3-5-10(11)18(21)22/h3-7H,1-2H3,(H2,14,15,16,19). The number of benzene rings is 1.